The number of aliphatic hydroxyl groups is 2. The third kappa shape index (κ3) is 6.25. The summed E-state index contributed by atoms with van der Waals surface area (Å²) in [4.78, 5) is 35.9. The number of hydrogen-bond donors (Lipinski definition) is 4. The van der Waals surface area contributed by atoms with Crippen molar-refractivity contribution >= 4 is 46.4 Å². The van der Waals surface area contributed by atoms with Crippen molar-refractivity contribution in [2.45, 2.75) is 12.1 Å². The molecule has 0 spiro atoms. The fourth-order valence-electron chi connectivity index (χ4n) is 2.81. The van der Waals surface area contributed by atoms with Gasteiger partial charge in [-0.15, -0.1) is 0 Å². The second kappa shape index (κ2) is 12.3. The molecule has 3 heterocycles. The van der Waals surface area contributed by atoms with E-state index < -0.39 is 37.2 Å². The summed E-state index contributed by atoms with van der Waals surface area (Å²) in [5.41, 5.74) is 0.515. The van der Waals surface area contributed by atoms with Gasteiger partial charge < -0.3 is 39.2 Å². The first kappa shape index (κ1) is 26.8. The van der Waals surface area contributed by atoms with Gasteiger partial charge in [-0.05, 0) is 12.1 Å². The molecule has 190 valence electrons. The third-order valence-corrected chi connectivity index (χ3v) is 5.27. The van der Waals surface area contributed by atoms with Crippen LogP contribution in [0.1, 0.15) is 56.2 Å². The number of esters is 2. The molecular formula is C21H21N5O8S2. The topological polar surface area (TPSA) is 182 Å². The van der Waals surface area contributed by atoms with Crippen molar-refractivity contribution < 1.29 is 38.1 Å². The van der Waals surface area contributed by atoms with Crippen LogP contribution >= 0.6 is 24.4 Å². The average Bonchev–Trinajstić information content (AvgIpc) is 3.60. The number of thiocarbonyl (C=S) groups is 2. The molecule has 0 saturated carbocycles. The number of oxazole rings is 2. The van der Waals surface area contributed by atoms with Gasteiger partial charge in [0.15, 0.2) is 11.4 Å². The maximum Gasteiger partial charge on any atom is 0.360 e. The van der Waals surface area contributed by atoms with Gasteiger partial charge in [0.1, 0.15) is 34.6 Å². The fourth-order valence-corrected chi connectivity index (χ4v) is 3.33. The van der Waals surface area contributed by atoms with Crippen LogP contribution in [0.4, 0.5) is 0 Å². The Hall–Kier alpha value is -3.79. The minimum Gasteiger partial charge on any atom is -0.464 e. The third-order valence-electron chi connectivity index (χ3n) is 4.62. The molecule has 3 aromatic rings. The maximum atomic E-state index is 11.6. The molecular weight excluding hydrogens is 514 g/mol. The van der Waals surface area contributed by atoms with Crippen molar-refractivity contribution in [2.24, 2.45) is 0 Å². The lowest BCUT2D eigenvalue weighted by atomic mass is 10.2. The molecule has 0 aliphatic carbocycles. The highest BCUT2D eigenvalue weighted by atomic mass is 32.1. The summed E-state index contributed by atoms with van der Waals surface area (Å²) >= 11 is 10.8. The predicted molar refractivity (Wildman–Crippen MR) is 129 cm³/mol. The van der Waals surface area contributed by atoms with E-state index in [0.29, 0.717) is 11.4 Å². The first-order chi connectivity index (χ1) is 17.3. The zero-order valence-corrected chi connectivity index (χ0v) is 20.6. The van der Waals surface area contributed by atoms with Crippen LogP contribution in [0.3, 0.4) is 0 Å². The molecule has 0 fully saturated rings. The van der Waals surface area contributed by atoms with Crippen molar-refractivity contribution in [3.8, 4) is 0 Å². The van der Waals surface area contributed by atoms with Gasteiger partial charge in [0.05, 0.1) is 38.8 Å². The molecule has 15 heteroatoms. The summed E-state index contributed by atoms with van der Waals surface area (Å²) in [6.45, 7) is -0.883. The molecule has 0 saturated heterocycles. The number of ether oxygens (including phenoxy) is 2. The van der Waals surface area contributed by atoms with Crippen LogP contribution in [0.25, 0.3) is 0 Å². The van der Waals surface area contributed by atoms with E-state index in [2.05, 4.69) is 35.1 Å². The molecule has 0 bridgehead atoms. The number of hydrogen-bond acceptors (Lipinski definition) is 13. The highest BCUT2D eigenvalue weighted by Gasteiger charge is 2.23. The molecule has 36 heavy (non-hydrogen) atoms. The van der Waals surface area contributed by atoms with Crippen LogP contribution in [0.2, 0.25) is 0 Å². The number of nitrogens with zero attached hydrogens (tertiary/aromatic N) is 3. The molecule has 2 atom stereocenters. The van der Waals surface area contributed by atoms with E-state index in [-0.39, 0.29) is 33.1 Å². The Morgan fingerprint density at radius 1 is 0.833 bits per heavy atom. The summed E-state index contributed by atoms with van der Waals surface area (Å²) in [7, 11) is 2.41. The predicted octanol–water partition coefficient (Wildman–Crippen LogP) is 0.628. The minimum absolute atomic E-state index is 0.0247. The van der Waals surface area contributed by atoms with Gasteiger partial charge in [0.25, 0.3) is 0 Å². The van der Waals surface area contributed by atoms with Crippen LogP contribution in [0.5, 0.6) is 0 Å². The Bertz CT molecular complexity index is 1170. The molecule has 0 aromatic carbocycles. The molecule has 3 aromatic heterocycles. The first-order valence-corrected chi connectivity index (χ1v) is 11.0. The smallest absolute Gasteiger partial charge is 0.360 e. The lowest BCUT2D eigenvalue weighted by molar-refractivity contribution is 0.0585. The summed E-state index contributed by atoms with van der Waals surface area (Å²) in [6, 6.07) is 3.16. The van der Waals surface area contributed by atoms with E-state index in [1.807, 2.05) is 0 Å². The van der Waals surface area contributed by atoms with Crippen molar-refractivity contribution in [3.63, 3.8) is 0 Å². The summed E-state index contributed by atoms with van der Waals surface area (Å²) in [5.74, 6) is -1.33. The standard InChI is InChI=1S/C21H21N5O8S2/c1-31-20(29)14-8-33-16(23-14)12(6-27)25-18(35)10-4-3-5-11(22-10)19(36)26-13(7-28)17-24-15(9-34-17)21(30)32-2/h3-5,8-9,12-13,27-28H,6-7H2,1-2H3,(H,25,35)(H,26,36). The second-order valence-corrected chi connectivity index (χ2v) is 7.77. The molecule has 4 N–H and O–H groups in total. The van der Waals surface area contributed by atoms with Crippen molar-refractivity contribution in [1.29, 1.82) is 0 Å². The van der Waals surface area contributed by atoms with Gasteiger partial charge in [-0.3, -0.25) is 0 Å². The van der Waals surface area contributed by atoms with Crippen LogP contribution in [0.15, 0.2) is 39.6 Å². The maximum absolute atomic E-state index is 11.6. The lowest BCUT2D eigenvalue weighted by Crippen LogP contribution is -2.33. The van der Waals surface area contributed by atoms with Crippen LogP contribution < -0.4 is 10.6 Å². The first-order valence-electron chi connectivity index (χ1n) is 10.2. The van der Waals surface area contributed by atoms with E-state index in [0.717, 1.165) is 12.5 Å². The van der Waals surface area contributed by atoms with Crippen LogP contribution in [-0.4, -0.2) is 74.5 Å². The van der Waals surface area contributed by atoms with E-state index in [1.54, 1.807) is 18.2 Å². The number of nitrogens with one attached hydrogen (secondary N) is 2. The van der Waals surface area contributed by atoms with E-state index in [4.69, 9.17) is 33.3 Å². The fraction of sp³-hybridized carbons (Fsp3) is 0.286. The summed E-state index contributed by atoms with van der Waals surface area (Å²) in [5, 5.41) is 25.2. The number of methoxy groups -OCH3 is 2. The molecule has 0 aliphatic heterocycles. The quantitative estimate of drug-likeness (QED) is 0.209. The summed E-state index contributed by atoms with van der Waals surface area (Å²) < 4.78 is 19.7. The van der Waals surface area contributed by atoms with Crippen molar-refractivity contribution in [1.82, 2.24) is 25.6 Å². The normalized spacial score (nSPS) is 12.3. The zero-order valence-electron chi connectivity index (χ0n) is 19.0. The van der Waals surface area contributed by atoms with Gasteiger partial charge >= 0.3 is 11.9 Å². The molecule has 3 rings (SSSR count). The second-order valence-electron chi connectivity index (χ2n) is 6.95. The number of aliphatic hydroxyl groups excluding tert-OH is 2. The van der Waals surface area contributed by atoms with E-state index >= 15 is 0 Å². The Kier molecular flexibility index (Phi) is 9.13. The van der Waals surface area contributed by atoms with Gasteiger partial charge in [-0.25, -0.2) is 24.5 Å². The van der Waals surface area contributed by atoms with Crippen LogP contribution in [0, 0.1) is 0 Å². The van der Waals surface area contributed by atoms with Gasteiger partial charge in [-0.2, -0.15) is 0 Å². The number of carbonyl (C=O) groups excluding carboxylic acids is 2. The molecule has 2 unspecified atom stereocenters. The van der Waals surface area contributed by atoms with Crippen molar-refractivity contribution in [3.05, 3.63) is 65.3 Å². The Morgan fingerprint density at radius 2 is 1.25 bits per heavy atom. The van der Waals surface area contributed by atoms with Gasteiger partial charge in [-0.1, -0.05) is 30.5 Å². The SMILES string of the molecule is COC(=O)c1coc(C(CO)NC(=S)c2cccc(C(=S)NC(CO)c3nc(C(=O)OC)co3)n2)n1. The average molecular weight is 536 g/mol. The number of aromatic nitrogens is 3. The highest BCUT2D eigenvalue weighted by Crippen LogP contribution is 2.16. The zero-order chi connectivity index (χ0) is 26.2. The highest BCUT2D eigenvalue weighted by molar-refractivity contribution is 7.81. The molecule has 13 nitrogen and oxygen atoms in total. The number of rotatable bonds is 10. The Morgan fingerprint density at radius 3 is 1.61 bits per heavy atom. The van der Waals surface area contributed by atoms with Crippen molar-refractivity contribution in [2.75, 3.05) is 27.4 Å². The number of pyridine rings is 1. The Labute approximate surface area is 214 Å². The Balaban J connectivity index is 1.70. The molecule has 0 amide bonds. The molecule has 0 radical (unpaired) electrons. The monoisotopic (exact) mass is 535 g/mol. The lowest BCUT2D eigenvalue weighted by Gasteiger charge is -2.17. The number of carbonyl (C=O) groups is 2. The molecule has 0 aliphatic rings. The van der Waals surface area contributed by atoms with E-state index in [9.17, 15) is 19.8 Å². The largest absolute Gasteiger partial charge is 0.464 e. The minimum atomic E-state index is -0.862. The van der Waals surface area contributed by atoms with Crippen LogP contribution in [-0.2, 0) is 9.47 Å². The van der Waals surface area contributed by atoms with Gasteiger partial charge in [0.2, 0.25) is 11.8 Å². The van der Waals surface area contributed by atoms with Gasteiger partial charge in [0, 0.05) is 0 Å². The summed E-state index contributed by atoms with van der Waals surface area (Å²) in [6.07, 6.45) is 2.22. The van der Waals surface area contributed by atoms with E-state index in [1.165, 1.54) is 14.2 Å².